The smallest absolute Gasteiger partial charge is 0.217 e. The van der Waals surface area contributed by atoms with Gasteiger partial charge in [0.2, 0.25) is 5.91 Å². The molecule has 2 aliphatic heterocycles. The fourth-order valence-corrected chi connectivity index (χ4v) is 2.98. The van der Waals surface area contributed by atoms with Crippen molar-refractivity contribution in [1.29, 1.82) is 0 Å². The van der Waals surface area contributed by atoms with Crippen LogP contribution >= 0.6 is 0 Å². The largest absolute Gasteiger partial charge is 0.352 e. The van der Waals surface area contributed by atoms with Crippen molar-refractivity contribution in [3.8, 4) is 0 Å². The molecule has 1 unspecified atom stereocenters. The number of rotatable bonds is 4. The minimum atomic E-state index is 0.107. The number of nitrogens with zero attached hydrogens (tertiary/aromatic N) is 1. The fourth-order valence-electron chi connectivity index (χ4n) is 2.98. The Balaban J connectivity index is 1.62. The topological polar surface area (TPSA) is 44.4 Å². The van der Waals surface area contributed by atoms with Gasteiger partial charge in [0, 0.05) is 26.1 Å². The van der Waals surface area contributed by atoms with E-state index in [-0.39, 0.29) is 5.91 Å². The van der Waals surface area contributed by atoms with Gasteiger partial charge in [-0.3, -0.25) is 4.79 Å². The molecule has 2 aliphatic rings. The van der Waals surface area contributed by atoms with Crippen LogP contribution in [0.4, 0.5) is 0 Å². The van der Waals surface area contributed by atoms with E-state index in [1.165, 1.54) is 38.9 Å². The predicted octanol–water partition coefficient (Wildman–Crippen LogP) is 0.587. The van der Waals surface area contributed by atoms with Crippen molar-refractivity contribution in [3.63, 3.8) is 0 Å². The maximum Gasteiger partial charge on any atom is 0.217 e. The van der Waals surface area contributed by atoms with Crippen molar-refractivity contribution in [2.24, 2.45) is 5.92 Å². The summed E-state index contributed by atoms with van der Waals surface area (Å²) in [5.41, 5.74) is 0. The number of nitrogens with one attached hydrogen (secondary N) is 2. The second kappa shape index (κ2) is 6.36. The molecule has 2 N–H and O–H groups in total. The lowest BCUT2D eigenvalue weighted by molar-refractivity contribution is -0.119. The third-order valence-corrected chi connectivity index (χ3v) is 3.99. The van der Waals surface area contributed by atoms with Gasteiger partial charge in [0.25, 0.3) is 0 Å². The summed E-state index contributed by atoms with van der Waals surface area (Å²) in [6.07, 6.45) is 5.12. The second-order valence-electron chi connectivity index (χ2n) is 5.47. The average molecular weight is 239 g/mol. The molecule has 4 nitrogen and oxygen atoms in total. The minimum Gasteiger partial charge on any atom is -0.352 e. The quantitative estimate of drug-likeness (QED) is 0.754. The Morgan fingerprint density at radius 2 is 2.12 bits per heavy atom. The molecule has 2 rings (SSSR count). The molecule has 17 heavy (non-hydrogen) atoms. The molecule has 2 heterocycles. The van der Waals surface area contributed by atoms with Crippen LogP contribution in [0.3, 0.4) is 0 Å². The van der Waals surface area contributed by atoms with E-state index >= 15 is 0 Å². The molecular weight excluding hydrogens is 214 g/mol. The molecule has 4 heteroatoms. The SMILES string of the molecule is CC(=O)NC1CCN(CCC2CCNCC2)C1. The van der Waals surface area contributed by atoms with Crippen molar-refractivity contribution in [3.05, 3.63) is 0 Å². The number of likely N-dealkylation sites (tertiary alicyclic amines) is 1. The van der Waals surface area contributed by atoms with E-state index in [0.717, 1.165) is 25.4 Å². The van der Waals surface area contributed by atoms with Crippen LogP contribution in [0.2, 0.25) is 0 Å². The van der Waals surface area contributed by atoms with E-state index in [1.807, 2.05) is 0 Å². The van der Waals surface area contributed by atoms with E-state index in [9.17, 15) is 4.79 Å². The summed E-state index contributed by atoms with van der Waals surface area (Å²) < 4.78 is 0. The van der Waals surface area contributed by atoms with Gasteiger partial charge in [0.1, 0.15) is 0 Å². The zero-order valence-electron chi connectivity index (χ0n) is 10.9. The Morgan fingerprint density at radius 1 is 1.35 bits per heavy atom. The van der Waals surface area contributed by atoms with Crippen molar-refractivity contribution in [2.75, 3.05) is 32.7 Å². The molecule has 0 saturated carbocycles. The Hall–Kier alpha value is -0.610. The van der Waals surface area contributed by atoms with Crippen LogP contribution in [0.5, 0.6) is 0 Å². The Bertz CT molecular complexity index is 251. The molecule has 2 saturated heterocycles. The van der Waals surface area contributed by atoms with Gasteiger partial charge in [-0.25, -0.2) is 0 Å². The lowest BCUT2D eigenvalue weighted by atomic mass is 9.94. The number of piperidine rings is 1. The molecule has 2 fully saturated rings. The summed E-state index contributed by atoms with van der Waals surface area (Å²) in [7, 11) is 0. The highest BCUT2D eigenvalue weighted by atomic mass is 16.1. The van der Waals surface area contributed by atoms with Crippen LogP contribution in [0.1, 0.15) is 32.6 Å². The first-order chi connectivity index (χ1) is 8.24. The van der Waals surface area contributed by atoms with Gasteiger partial charge < -0.3 is 15.5 Å². The van der Waals surface area contributed by atoms with Gasteiger partial charge in [-0.05, 0) is 51.2 Å². The molecule has 1 atom stereocenters. The maximum atomic E-state index is 11.0. The lowest BCUT2D eigenvalue weighted by Gasteiger charge is -2.25. The number of amides is 1. The summed E-state index contributed by atoms with van der Waals surface area (Å²) in [6, 6.07) is 0.389. The fraction of sp³-hybridized carbons (Fsp3) is 0.923. The van der Waals surface area contributed by atoms with Crippen LogP contribution < -0.4 is 10.6 Å². The highest BCUT2D eigenvalue weighted by Gasteiger charge is 2.23. The summed E-state index contributed by atoms with van der Waals surface area (Å²) in [6.45, 7) is 7.40. The van der Waals surface area contributed by atoms with E-state index in [2.05, 4.69) is 15.5 Å². The van der Waals surface area contributed by atoms with Gasteiger partial charge in [-0.1, -0.05) is 0 Å². The van der Waals surface area contributed by atoms with Crippen LogP contribution in [-0.4, -0.2) is 49.6 Å². The van der Waals surface area contributed by atoms with Crippen LogP contribution in [0.25, 0.3) is 0 Å². The molecular formula is C13H25N3O. The van der Waals surface area contributed by atoms with Crippen LogP contribution in [-0.2, 0) is 4.79 Å². The van der Waals surface area contributed by atoms with E-state index in [0.29, 0.717) is 6.04 Å². The molecule has 0 aromatic carbocycles. The molecule has 0 bridgehead atoms. The zero-order valence-corrected chi connectivity index (χ0v) is 10.9. The third kappa shape index (κ3) is 4.28. The zero-order chi connectivity index (χ0) is 12.1. The lowest BCUT2D eigenvalue weighted by Crippen LogP contribution is -2.36. The summed E-state index contributed by atoms with van der Waals surface area (Å²) in [5, 5.41) is 6.43. The normalized spacial score (nSPS) is 27.2. The van der Waals surface area contributed by atoms with Gasteiger partial charge >= 0.3 is 0 Å². The summed E-state index contributed by atoms with van der Waals surface area (Å²) >= 11 is 0. The first-order valence-electron chi connectivity index (χ1n) is 6.94. The number of carbonyl (C=O) groups is 1. The van der Waals surface area contributed by atoms with E-state index < -0.39 is 0 Å². The van der Waals surface area contributed by atoms with Crippen molar-refractivity contribution in [1.82, 2.24) is 15.5 Å². The highest BCUT2D eigenvalue weighted by molar-refractivity contribution is 5.73. The van der Waals surface area contributed by atoms with Gasteiger partial charge in [0.05, 0.1) is 0 Å². The monoisotopic (exact) mass is 239 g/mol. The Labute approximate surface area is 104 Å². The van der Waals surface area contributed by atoms with Crippen molar-refractivity contribution < 1.29 is 4.79 Å². The second-order valence-corrected chi connectivity index (χ2v) is 5.47. The highest BCUT2D eigenvalue weighted by Crippen LogP contribution is 2.18. The molecule has 0 radical (unpaired) electrons. The molecule has 0 aromatic rings. The molecule has 98 valence electrons. The molecule has 0 aromatic heterocycles. The predicted molar refractivity (Wildman–Crippen MR) is 68.9 cm³/mol. The van der Waals surface area contributed by atoms with Gasteiger partial charge in [-0.2, -0.15) is 0 Å². The summed E-state index contributed by atoms with van der Waals surface area (Å²) in [5.74, 6) is 1.02. The maximum absolute atomic E-state index is 11.0. The number of hydrogen-bond acceptors (Lipinski definition) is 3. The van der Waals surface area contributed by atoms with E-state index in [4.69, 9.17) is 0 Å². The van der Waals surface area contributed by atoms with Gasteiger partial charge in [0.15, 0.2) is 0 Å². The van der Waals surface area contributed by atoms with E-state index in [1.54, 1.807) is 6.92 Å². The minimum absolute atomic E-state index is 0.107. The van der Waals surface area contributed by atoms with Crippen LogP contribution in [0.15, 0.2) is 0 Å². The standard InChI is InChI=1S/C13H25N3O/c1-11(17)15-13-5-9-16(10-13)8-4-12-2-6-14-7-3-12/h12-14H,2-10H2,1H3,(H,15,17). The third-order valence-electron chi connectivity index (χ3n) is 3.99. The first kappa shape index (κ1) is 12.8. The van der Waals surface area contributed by atoms with Crippen molar-refractivity contribution in [2.45, 2.75) is 38.6 Å². The summed E-state index contributed by atoms with van der Waals surface area (Å²) in [4.78, 5) is 13.5. The van der Waals surface area contributed by atoms with Gasteiger partial charge in [-0.15, -0.1) is 0 Å². The Kier molecular flexibility index (Phi) is 4.80. The first-order valence-corrected chi connectivity index (χ1v) is 6.94. The Morgan fingerprint density at radius 3 is 2.82 bits per heavy atom. The van der Waals surface area contributed by atoms with Crippen molar-refractivity contribution >= 4 is 5.91 Å². The average Bonchev–Trinajstić information content (AvgIpc) is 2.75. The number of hydrogen-bond donors (Lipinski definition) is 2. The molecule has 0 aliphatic carbocycles. The molecule has 0 spiro atoms. The van der Waals surface area contributed by atoms with Crippen LogP contribution in [0, 0.1) is 5.92 Å². The molecule has 1 amide bonds. The number of carbonyl (C=O) groups excluding carboxylic acids is 1.